The van der Waals surface area contributed by atoms with Crippen LogP contribution < -0.4 is 19.5 Å². The third kappa shape index (κ3) is 4.23. The van der Waals surface area contributed by atoms with Crippen molar-refractivity contribution in [2.24, 2.45) is 0 Å². The molecule has 0 fully saturated rings. The standard InChI is InChI=1S/C22H18FNO4/c23-17-4-8-19(9-5-17)28-18-6-2-16(3-7-18)22(25)24-14-15-1-10-20-21(13-15)27-12-11-26-20/h1-10,13H,11-12,14H2,(H,24,25). The number of carbonyl (C=O) groups is 1. The zero-order chi connectivity index (χ0) is 19.3. The normalized spacial score (nSPS) is 12.3. The molecule has 0 saturated carbocycles. The first-order valence-electron chi connectivity index (χ1n) is 8.87. The Kier molecular flexibility index (Phi) is 5.10. The Labute approximate surface area is 161 Å². The first-order valence-corrected chi connectivity index (χ1v) is 8.87. The number of carbonyl (C=O) groups excluding carboxylic acids is 1. The van der Waals surface area contributed by atoms with E-state index in [1.54, 1.807) is 36.4 Å². The second-order valence-corrected chi connectivity index (χ2v) is 6.24. The molecule has 1 aliphatic rings. The van der Waals surface area contributed by atoms with Crippen molar-refractivity contribution in [2.45, 2.75) is 6.54 Å². The number of hydrogen-bond acceptors (Lipinski definition) is 4. The van der Waals surface area contributed by atoms with Gasteiger partial charge in [0.25, 0.3) is 5.91 Å². The number of hydrogen-bond donors (Lipinski definition) is 1. The van der Waals surface area contributed by atoms with Crippen LogP contribution in [-0.4, -0.2) is 19.1 Å². The number of halogens is 1. The van der Waals surface area contributed by atoms with E-state index in [9.17, 15) is 9.18 Å². The predicted octanol–water partition coefficient (Wildman–Crippen LogP) is 4.32. The maximum atomic E-state index is 12.9. The molecule has 0 spiro atoms. The fraction of sp³-hybridized carbons (Fsp3) is 0.136. The molecule has 0 radical (unpaired) electrons. The summed E-state index contributed by atoms with van der Waals surface area (Å²) in [4.78, 5) is 12.4. The molecule has 3 aromatic rings. The molecular weight excluding hydrogens is 361 g/mol. The van der Waals surface area contributed by atoms with Gasteiger partial charge in [0, 0.05) is 12.1 Å². The fourth-order valence-corrected chi connectivity index (χ4v) is 2.80. The highest BCUT2D eigenvalue weighted by Gasteiger charge is 2.12. The lowest BCUT2D eigenvalue weighted by molar-refractivity contribution is 0.0951. The Morgan fingerprint density at radius 2 is 1.54 bits per heavy atom. The minimum atomic E-state index is -0.322. The van der Waals surface area contributed by atoms with Crippen molar-refractivity contribution in [3.63, 3.8) is 0 Å². The van der Waals surface area contributed by atoms with Crippen LogP contribution in [0.25, 0.3) is 0 Å². The zero-order valence-corrected chi connectivity index (χ0v) is 15.0. The highest BCUT2D eigenvalue weighted by molar-refractivity contribution is 5.94. The van der Waals surface area contributed by atoms with Gasteiger partial charge in [-0.2, -0.15) is 0 Å². The van der Waals surface area contributed by atoms with Crippen LogP contribution in [0, 0.1) is 5.82 Å². The summed E-state index contributed by atoms with van der Waals surface area (Å²) >= 11 is 0. The SMILES string of the molecule is O=C(NCc1ccc2c(c1)OCCO2)c1ccc(Oc2ccc(F)cc2)cc1. The quantitative estimate of drug-likeness (QED) is 0.717. The minimum absolute atomic E-state index is 0.191. The lowest BCUT2D eigenvalue weighted by Crippen LogP contribution is -2.23. The van der Waals surface area contributed by atoms with Crippen LogP contribution in [0.1, 0.15) is 15.9 Å². The summed E-state index contributed by atoms with van der Waals surface area (Å²) in [7, 11) is 0. The van der Waals surface area contributed by atoms with Crippen molar-refractivity contribution >= 4 is 5.91 Å². The van der Waals surface area contributed by atoms with Gasteiger partial charge in [-0.15, -0.1) is 0 Å². The van der Waals surface area contributed by atoms with Gasteiger partial charge in [-0.25, -0.2) is 4.39 Å². The molecule has 3 aromatic carbocycles. The van der Waals surface area contributed by atoms with Gasteiger partial charge in [-0.05, 0) is 66.2 Å². The molecule has 0 bridgehead atoms. The second kappa shape index (κ2) is 8.00. The van der Waals surface area contributed by atoms with Crippen LogP contribution >= 0.6 is 0 Å². The number of rotatable bonds is 5. The Balaban J connectivity index is 1.35. The third-order valence-electron chi connectivity index (χ3n) is 4.23. The van der Waals surface area contributed by atoms with Crippen molar-refractivity contribution in [1.29, 1.82) is 0 Å². The number of ether oxygens (including phenoxy) is 3. The van der Waals surface area contributed by atoms with Crippen LogP contribution in [0.5, 0.6) is 23.0 Å². The summed E-state index contributed by atoms with van der Waals surface area (Å²) in [5, 5.41) is 2.88. The fourth-order valence-electron chi connectivity index (χ4n) is 2.80. The molecule has 0 atom stereocenters. The molecule has 0 unspecified atom stereocenters. The summed E-state index contributed by atoms with van der Waals surface area (Å²) in [5.74, 6) is 1.99. The first-order chi connectivity index (χ1) is 13.7. The van der Waals surface area contributed by atoms with Crippen molar-refractivity contribution in [3.05, 3.63) is 83.7 Å². The molecule has 1 heterocycles. The Bertz CT molecular complexity index is 971. The molecule has 1 aliphatic heterocycles. The van der Waals surface area contributed by atoms with E-state index in [-0.39, 0.29) is 11.7 Å². The van der Waals surface area contributed by atoms with Gasteiger partial charge in [0.2, 0.25) is 0 Å². The van der Waals surface area contributed by atoms with Gasteiger partial charge in [0.05, 0.1) is 0 Å². The molecule has 0 aromatic heterocycles. The highest BCUT2D eigenvalue weighted by Crippen LogP contribution is 2.30. The highest BCUT2D eigenvalue weighted by atomic mass is 19.1. The average Bonchev–Trinajstić information content (AvgIpc) is 2.74. The predicted molar refractivity (Wildman–Crippen MR) is 102 cm³/mol. The molecule has 1 amide bonds. The first kappa shape index (κ1) is 17.9. The van der Waals surface area contributed by atoms with Crippen molar-refractivity contribution in [2.75, 3.05) is 13.2 Å². The van der Waals surface area contributed by atoms with Crippen LogP contribution in [0.3, 0.4) is 0 Å². The summed E-state index contributed by atoms with van der Waals surface area (Å²) in [5.41, 5.74) is 1.44. The maximum Gasteiger partial charge on any atom is 0.251 e. The average molecular weight is 379 g/mol. The maximum absolute atomic E-state index is 12.9. The number of benzene rings is 3. The van der Waals surface area contributed by atoms with Gasteiger partial charge >= 0.3 is 0 Å². The third-order valence-corrected chi connectivity index (χ3v) is 4.23. The smallest absolute Gasteiger partial charge is 0.251 e. The molecule has 6 heteroatoms. The molecule has 28 heavy (non-hydrogen) atoms. The van der Waals surface area contributed by atoms with Crippen LogP contribution in [0.2, 0.25) is 0 Å². The number of fused-ring (bicyclic) bond motifs is 1. The monoisotopic (exact) mass is 379 g/mol. The molecule has 142 valence electrons. The Morgan fingerprint density at radius 1 is 0.893 bits per heavy atom. The van der Waals surface area contributed by atoms with E-state index in [2.05, 4.69) is 5.32 Å². The molecule has 5 nitrogen and oxygen atoms in total. The van der Waals surface area contributed by atoms with E-state index in [1.165, 1.54) is 12.1 Å². The largest absolute Gasteiger partial charge is 0.486 e. The molecule has 0 saturated heterocycles. The summed E-state index contributed by atoms with van der Waals surface area (Å²) in [6.45, 7) is 1.45. The summed E-state index contributed by atoms with van der Waals surface area (Å²) < 4.78 is 29.6. The number of amides is 1. The number of nitrogens with one attached hydrogen (secondary N) is 1. The van der Waals surface area contributed by atoms with Crippen molar-refractivity contribution in [1.82, 2.24) is 5.32 Å². The van der Waals surface area contributed by atoms with Gasteiger partial charge in [-0.3, -0.25) is 4.79 Å². The van der Waals surface area contributed by atoms with Crippen molar-refractivity contribution in [3.8, 4) is 23.0 Å². The van der Waals surface area contributed by atoms with E-state index in [0.29, 0.717) is 42.6 Å². The van der Waals surface area contributed by atoms with E-state index in [1.807, 2.05) is 18.2 Å². The molecule has 4 rings (SSSR count). The van der Waals surface area contributed by atoms with Crippen LogP contribution in [-0.2, 0) is 6.54 Å². The Hall–Kier alpha value is -3.54. The summed E-state index contributed by atoms with van der Waals surface area (Å²) in [6.07, 6.45) is 0. The lowest BCUT2D eigenvalue weighted by atomic mass is 10.1. The molecule has 1 N–H and O–H groups in total. The van der Waals surface area contributed by atoms with Crippen LogP contribution in [0.4, 0.5) is 4.39 Å². The van der Waals surface area contributed by atoms with Gasteiger partial charge in [-0.1, -0.05) is 6.07 Å². The molecular formula is C22H18FNO4. The van der Waals surface area contributed by atoms with Crippen LogP contribution in [0.15, 0.2) is 66.7 Å². The van der Waals surface area contributed by atoms with E-state index in [4.69, 9.17) is 14.2 Å². The minimum Gasteiger partial charge on any atom is -0.486 e. The lowest BCUT2D eigenvalue weighted by Gasteiger charge is -2.19. The Morgan fingerprint density at radius 3 is 2.25 bits per heavy atom. The van der Waals surface area contributed by atoms with Gasteiger partial charge < -0.3 is 19.5 Å². The van der Waals surface area contributed by atoms with E-state index < -0.39 is 0 Å². The summed E-state index contributed by atoms with van der Waals surface area (Å²) in [6, 6.07) is 18.1. The van der Waals surface area contributed by atoms with E-state index in [0.717, 1.165) is 11.3 Å². The van der Waals surface area contributed by atoms with E-state index >= 15 is 0 Å². The molecule has 0 aliphatic carbocycles. The topological polar surface area (TPSA) is 56.8 Å². The van der Waals surface area contributed by atoms with Gasteiger partial charge in [0.15, 0.2) is 11.5 Å². The van der Waals surface area contributed by atoms with Crippen molar-refractivity contribution < 1.29 is 23.4 Å². The second-order valence-electron chi connectivity index (χ2n) is 6.24. The zero-order valence-electron chi connectivity index (χ0n) is 15.0. The van der Waals surface area contributed by atoms with Gasteiger partial charge in [0.1, 0.15) is 30.5 Å².